The molecule has 0 aromatic carbocycles. The van der Waals surface area contributed by atoms with Gasteiger partial charge in [0, 0.05) is 24.9 Å². The first-order chi connectivity index (χ1) is 7.97. The zero-order chi connectivity index (χ0) is 13.3. The molecule has 0 aliphatic heterocycles. The molecule has 7 heteroatoms. The third-order valence-electron chi connectivity index (χ3n) is 1.74. The highest BCUT2D eigenvalue weighted by molar-refractivity contribution is 7.99. The molecule has 0 fully saturated rings. The van der Waals surface area contributed by atoms with E-state index in [1.165, 1.54) is 18.7 Å². The fourth-order valence-corrected chi connectivity index (χ4v) is 1.77. The van der Waals surface area contributed by atoms with Gasteiger partial charge < -0.3 is 15.2 Å². The number of rotatable bonds is 8. The molecule has 0 rings (SSSR count). The molecule has 0 aromatic rings. The highest BCUT2D eigenvalue weighted by Crippen LogP contribution is 2.03. The summed E-state index contributed by atoms with van der Waals surface area (Å²) >= 11 is 1.31. The number of hydrogen-bond acceptors (Lipinski definition) is 5. The molecule has 0 bridgehead atoms. The molecule has 17 heavy (non-hydrogen) atoms. The molecule has 0 saturated heterocycles. The largest absolute Gasteiger partial charge is 0.480 e. The van der Waals surface area contributed by atoms with Crippen LogP contribution in [-0.2, 0) is 19.1 Å². The average molecular weight is 263 g/mol. The van der Waals surface area contributed by atoms with E-state index in [1.807, 2.05) is 0 Å². The van der Waals surface area contributed by atoms with Gasteiger partial charge in [-0.3, -0.25) is 9.59 Å². The third-order valence-corrected chi connectivity index (χ3v) is 2.76. The number of carboxylic acid groups (broad SMARTS) is 1. The van der Waals surface area contributed by atoms with Crippen LogP contribution in [0.15, 0.2) is 0 Å². The van der Waals surface area contributed by atoms with Crippen molar-refractivity contribution in [2.75, 3.05) is 18.1 Å². The second-order valence-corrected chi connectivity index (χ2v) is 4.39. The SMILES string of the molecule is CCC(=O)OCCSC[C@H](NC(C)=O)C(=O)O. The number of carbonyl (C=O) groups is 3. The van der Waals surface area contributed by atoms with Crippen molar-refractivity contribution in [3.05, 3.63) is 0 Å². The highest BCUT2D eigenvalue weighted by Gasteiger charge is 2.17. The van der Waals surface area contributed by atoms with Crippen LogP contribution >= 0.6 is 11.8 Å². The van der Waals surface area contributed by atoms with Crippen molar-refractivity contribution in [2.24, 2.45) is 0 Å². The molecule has 0 aliphatic carbocycles. The number of thioether (sulfide) groups is 1. The number of carboxylic acids is 1. The van der Waals surface area contributed by atoms with E-state index in [9.17, 15) is 14.4 Å². The first-order valence-electron chi connectivity index (χ1n) is 5.20. The molecule has 1 atom stereocenters. The normalized spacial score (nSPS) is 11.6. The number of hydrogen-bond donors (Lipinski definition) is 2. The minimum absolute atomic E-state index is 0.249. The van der Waals surface area contributed by atoms with Crippen LogP contribution in [0.25, 0.3) is 0 Å². The second kappa shape index (κ2) is 8.86. The maximum Gasteiger partial charge on any atom is 0.327 e. The molecule has 6 nitrogen and oxygen atoms in total. The lowest BCUT2D eigenvalue weighted by atomic mass is 10.3. The van der Waals surface area contributed by atoms with E-state index in [-0.39, 0.29) is 24.2 Å². The minimum atomic E-state index is -1.07. The minimum Gasteiger partial charge on any atom is -0.480 e. The molecule has 0 unspecified atom stereocenters. The van der Waals surface area contributed by atoms with Crippen LogP contribution < -0.4 is 5.32 Å². The quantitative estimate of drug-likeness (QED) is 0.482. The molecular weight excluding hydrogens is 246 g/mol. The van der Waals surface area contributed by atoms with E-state index in [0.717, 1.165) is 0 Å². The van der Waals surface area contributed by atoms with Crippen LogP contribution in [0, 0.1) is 0 Å². The van der Waals surface area contributed by atoms with Crippen LogP contribution in [0.5, 0.6) is 0 Å². The standard InChI is InChI=1S/C10H17NO5S/c1-3-9(13)16-4-5-17-6-8(10(14)15)11-7(2)12/h8H,3-6H2,1-2H3,(H,11,12)(H,14,15)/t8-/m0/s1. The van der Waals surface area contributed by atoms with Gasteiger partial charge in [0.2, 0.25) is 5.91 Å². The summed E-state index contributed by atoms with van der Waals surface area (Å²) in [6, 6.07) is -0.903. The second-order valence-electron chi connectivity index (χ2n) is 3.24. The molecule has 0 heterocycles. The van der Waals surface area contributed by atoms with Gasteiger partial charge in [-0.1, -0.05) is 6.92 Å². The maximum atomic E-state index is 10.8. The summed E-state index contributed by atoms with van der Waals surface area (Å²) in [6.45, 7) is 3.22. The van der Waals surface area contributed by atoms with Gasteiger partial charge in [0.25, 0.3) is 0 Å². The van der Waals surface area contributed by atoms with E-state index in [0.29, 0.717) is 12.2 Å². The monoisotopic (exact) mass is 263 g/mol. The zero-order valence-corrected chi connectivity index (χ0v) is 10.7. The molecule has 0 spiro atoms. The van der Waals surface area contributed by atoms with Crippen LogP contribution in [-0.4, -0.2) is 47.1 Å². The topological polar surface area (TPSA) is 92.7 Å². The lowest BCUT2D eigenvalue weighted by molar-refractivity contribution is -0.142. The molecule has 0 aromatic heterocycles. The number of aliphatic carboxylic acids is 1. The van der Waals surface area contributed by atoms with Gasteiger partial charge in [-0.05, 0) is 0 Å². The lowest BCUT2D eigenvalue weighted by Crippen LogP contribution is -2.41. The number of amides is 1. The first kappa shape index (κ1) is 15.8. The number of nitrogens with one attached hydrogen (secondary N) is 1. The zero-order valence-electron chi connectivity index (χ0n) is 9.89. The fourth-order valence-electron chi connectivity index (χ4n) is 0.938. The van der Waals surface area contributed by atoms with Gasteiger partial charge in [-0.2, -0.15) is 11.8 Å². The Balaban J connectivity index is 3.72. The Hall–Kier alpha value is -1.24. The summed E-state index contributed by atoms with van der Waals surface area (Å²) < 4.78 is 4.82. The van der Waals surface area contributed by atoms with Gasteiger partial charge in [-0.15, -0.1) is 0 Å². The Morgan fingerprint density at radius 3 is 2.53 bits per heavy atom. The fraction of sp³-hybridized carbons (Fsp3) is 0.700. The third kappa shape index (κ3) is 8.56. The Kier molecular flexibility index (Phi) is 8.21. The smallest absolute Gasteiger partial charge is 0.327 e. The van der Waals surface area contributed by atoms with Gasteiger partial charge in [-0.25, -0.2) is 4.79 Å². The van der Waals surface area contributed by atoms with Crippen molar-refractivity contribution in [2.45, 2.75) is 26.3 Å². The van der Waals surface area contributed by atoms with Crippen molar-refractivity contribution in [1.29, 1.82) is 0 Å². The van der Waals surface area contributed by atoms with Crippen molar-refractivity contribution in [3.8, 4) is 0 Å². The number of esters is 1. The van der Waals surface area contributed by atoms with Crippen molar-refractivity contribution in [3.63, 3.8) is 0 Å². The Morgan fingerprint density at radius 1 is 1.41 bits per heavy atom. The van der Waals surface area contributed by atoms with Gasteiger partial charge in [0.05, 0.1) is 0 Å². The van der Waals surface area contributed by atoms with E-state index in [2.05, 4.69) is 5.32 Å². The number of ether oxygens (including phenoxy) is 1. The van der Waals surface area contributed by atoms with E-state index in [4.69, 9.17) is 9.84 Å². The molecule has 0 aliphatic rings. The van der Waals surface area contributed by atoms with Gasteiger partial charge in [0.15, 0.2) is 0 Å². The summed E-state index contributed by atoms with van der Waals surface area (Å²) in [7, 11) is 0. The van der Waals surface area contributed by atoms with E-state index < -0.39 is 12.0 Å². The van der Waals surface area contributed by atoms with Gasteiger partial charge in [0.1, 0.15) is 12.6 Å². The summed E-state index contributed by atoms with van der Waals surface area (Å²) in [5.41, 5.74) is 0. The molecule has 1 amide bonds. The summed E-state index contributed by atoms with van der Waals surface area (Å²) in [4.78, 5) is 32.2. The van der Waals surface area contributed by atoms with Crippen LogP contribution in [0.1, 0.15) is 20.3 Å². The Bertz CT molecular complexity index is 282. The van der Waals surface area contributed by atoms with Crippen LogP contribution in [0.3, 0.4) is 0 Å². The average Bonchev–Trinajstić information content (AvgIpc) is 2.25. The molecule has 2 N–H and O–H groups in total. The summed E-state index contributed by atoms with van der Waals surface area (Å²) in [5, 5.41) is 11.1. The maximum absolute atomic E-state index is 10.8. The predicted molar refractivity (Wildman–Crippen MR) is 63.8 cm³/mol. The Labute approximate surface area is 104 Å². The van der Waals surface area contributed by atoms with Gasteiger partial charge >= 0.3 is 11.9 Å². The Morgan fingerprint density at radius 2 is 2.06 bits per heavy atom. The van der Waals surface area contributed by atoms with Crippen molar-refractivity contribution >= 4 is 29.6 Å². The van der Waals surface area contributed by atoms with Crippen molar-refractivity contribution in [1.82, 2.24) is 5.32 Å². The van der Waals surface area contributed by atoms with Crippen molar-refractivity contribution < 1.29 is 24.2 Å². The lowest BCUT2D eigenvalue weighted by Gasteiger charge is -2.12. The molecule has 98 valence electrons. The molecule has 0 saturated carbocycles. The van der Waals surface area contributed by atoms with Crippen LogP contribution in [0.2, 0.25) is 0 Å². The predicted octanol–water partition coefficient (Wildman–Crippen LogP) is 0.262. The highest BCUT2D eigenvalue weighted by atomic mass is 32.2. The van der Waals surface area contributed by atoms with E-state index in [1.54, 1.807) is 6.92 Å². The van der Waals surface area contributed by atoms with Crippen LogP contribution in [0.4, 0.5) is 0 Å². The molecular formula is C10H17NO5S. The first-order valence-corrected chi connectivity index (χ1v) is 6.36. The van der Waals surface area contributed by atoms with E-state index >= 15 is 0 Å². The number of carbonyl (C=O) groups excluding carboxylic acids is 2. The molecule has 0 radical (unpaired) electrons. The summed E-state index contributed by atoms with van der Waals surface area (Å²) in [5.74, 6) is -0.968. The summed E-state index contributed by atoms with van der Waals surface area (Å²) in [6.07, 6.45) is 0.328.